The zero-order valence-electron chi connectivity index (χ0n) is 16.2. The van der Waals surface area contributed by atoms with Crippen LogP contribution in [-0.4, -0.2) is 30.0 Å². The van der Waals surface area contributed by atoms with E-state index in [0.29, 0.717) is 0 Å². The fourth-order valence-corrected chi connectivity index (χ4v) is 5.43. The number of carbonyl (C=O) groups excluding carboxylic acids is 1. The Bertz CT molecular complexity index is 1010. The second-order valence-corrected chi connectivity index (χ2v) is 10.2. The van der Waals surface area contributed by atoms with Gasteiger partial charge in [-0.3, -0.25) is 4.79 Å². The summed E-state index contributed by atoms with van der Waals surface area (Å²) in [6.07, 6.45) is 7.52. The lowest BCUT2D eigenvalue weighted by Gasteiger charge is -2.14. The van der Waals surface area contributed by atoms with Gasteiger partial charge in [0.2, 0.25) is 9.84 Å². The van der Waals surface area contributed by atoms with E-state index in [4.69, 9.17) is 4.42 Å². The van der Waals surface area contributed by atoms with Crippen LogP contribution < -0.4 is 0 Å². The van der Waals surface area contributed by atoms with E-state index in [9.17, 15) is 18.3 Å². The van der Waals surface area contributed by atoms with E-state index in [1.54, 1.807) is 0 Å². The molecule has 4 rings (SSSR count). The molecule has 0 radical (unpaired) electrons. The lowest BCUT2D eigenvalue weighted by Crippen LogP contribution is -2.20. The minimum atomic E-state index is -3.99. The number of nitrogens with zero attached hydrogens (tertiary/aromatic N) is 1. The van der Waals surface area contributed by atoms with Gasteiger partial charge in [0.25, 0.3) is 0 Å². The van der Waals surface area contributed by atoms with Gasteiger partial charge in [-0.05, 0) is 80.2 Å². The van der Waals surface area contributed by atoms with Crippen LogP contribution in [0.3, 0.4) is 0 Å². The first-order valence-corrected chi connectivity index (χ1v) is 11.4. The Morgan fingerprint density at radius 3 is 2.29 bits per heavy atom. The van der Waals surface area contributed by atoms with Crippen LogP contribution in [0.5, 0.6) is 0 Å². The maximum atomic E-state index is 12.7. The van der Waals surface area contributed by atoms with Gasteiger partial charge in [-0.2, -0.15) is 0 Å². The normalized spacial score (nSPS) is 16.2. The van der Waals surface area contributed by atoms with Crippen LogP contribution in [0.25, 0.3) is 0 Å². The summed E-state index contributed by atoms with van der Waals surface area (Å²) in [5.41, 5.74) is 4.89. The zero-order chi connectivity index (χ0) is 20.1. The van der Waals surface area contributed by atoms with Gasteiger partial charge in [-0.1, -0.05) is 6.07 Å². The van der Waals surface area contributed by atoms with Crippen molar-refractivity contribution in [1.29, 1.82) is 0 Å². The van der Waals surface area contributed by atoms with E-state index < -0.39 is 26.4 Å². The van der Waals surface area contributed by atoms with Gasteiger partial charge in [-0.25, -0.2) is 13.4 Å². The number of ketones is 1. The number of aryl methyl sites for hydroxylation is 2. The lowest BCUT2D eigenvalue weighted by atomic mass is 9.91. The van der Waals surface area contributed by atoms with E-state index in [0.717, 1.165) is 44.1 Å². The average molecular weight is 404 g/mol. The van der Waals surface area contributed by atoms with Gasteiger partial charge in [0.05, 0.1) is 6.20 Å². The largest absolute Gasteiger partial charge is 0.430 e. The molecule has 0 fully saturated rings. The van der Waals surface area contributed by atoms with Crippen molar-refractivity contribution in [3.8, 4) is 0 Å². The molecule has 0 bridgehead atoms. The average Bonchev–Trinajstić information content (AvgIpc) is 3.33. The Morgan fingerprint density at radius 1 is 1.14 bits per heavy atom. The summed E-state index contributed by atoms with van der Waals surface area (Å²) in [7, 11) is -3.99. The third kappa shape index (κ3) is 3.53. The summed E-state index contributed by atoms with van der Waals surface area (Å²) in [5, 5.41) is 9.42. The van der Waals surface area contributed by atoms with Crippen molar-refractivity contribution in [2.75, 3.05) is 5.75 Å². The molecule has 7 heteroatoms. The molecule has 2 aliphatic rings. The smallest absolute Gasteiger partial charge is 0.315 e. The molecule has 0 spiro atoms. The second kappa shape index (κ2) is 6.81. The summed E-state index contributed by atoms with van der Waals surface area (Å²) in [5.74, 6) is -0.938. The number of aromatic nitrogens is 1. The van der Waals surface area contributed by atoms with E-state index >= 15 is 0 Å². The Labute approximate surface area is 164 Å². The van der Waals surface area contributed by atoms with E-state index in [2.05, 4.69) is 11.1 Å². The fraction of sp³-hybridized carbons (Fsp3) is 0.524. The number of carbonyl (C=O) groups is 1. The zero-order valence-corrected chi connectivity index (χ0v) is 17.1. The fourth-order valence-electron chi connectivity index (χ4n) is 4.35. The topological polar surface area (TPSA) is 97.5 Å². The number of hydrogen-bond donors (Lipinski definition) is 1. The first-order chi connectivity index (χ1) is 13.1. The molecule has 0 saturated heterocycles. The van der Waals surface area contributed by atoms with Crippen LogP contribution in [-0.2, 0) is 52.3 Å². The first kappa shape index (κ1) is 19.3. The highest BCUT2D eigenvalue weighted by atomic mass is 32.2. The lowest BCUT2D eigenvalue weighted by molar-refractivity contribution is -0.116. The van der Waals surface area contributed by atoms with E-state index in [-0.39, 0.29) is 18.0 Å². The van der Waals surface area contributed by atoms with Gasteiger partial charge in [-0.15, -0.1) is 0 Å². The van der Waals surface area contributed by atoms with Gasteiger partial charge in [0, 0.05) is 6.42 Å². The second-order valence-electron chi connectivity index (χ2n) is 8.36. The summed E-state index contributed by atoms with van der Waals surface area (Å²) in [6, 6.07) is 2.29. The molecule has 1 aromatic heterocycles. The number of Topliss-reactive ketones (excluding diaryl/α,β-unsaturated/α-hetero) is 1. The molecule has 28 heavy (non-hydrogen) atoms. The summed E-state index contributed by atoms with van der Waals surface area (Å²) in [6.45, 7) is 2.96. The highest BCUT2D eigenvalue weighted by Gasteiger charge is 2.30. The monoisotopic (exact) mass is 403 g/mol. The van der Waals surface area contributed by atoms with Crippen LogP contribution in [0.1, 0.15) is 60.3 Å². The maximum Gasteiger partial charge on any atom is 0.315 e. The number of hydrogen-bond acceptors (Lipinski definition) is 6. The molecular weight excluding hydrogens is 378 g/mol. The Balaban J connectivity index is 1.56. The van der Waals surface area contributed by atoms with E-state index in [1.807, 2.05) is 0 Å². The minimum Gasteiger partial charge on any atom is -0.430 e. The maximum absolute atomic E-state index is 12.7. The summed E-state index contributed by atoms with van der Waals surface area (Å²) in [4.78, 5) is 16.5. The van der Waals surface area contributed by atoms with Crippen molar-refractivity contribution < 1.29 is 22.7 Å². The standard InChI is InChI=1S/C21H25NO5S/c1-21(2,24)19-11-22-20(27-19)28(25,26)12-15(23)10-18-16-7-3-5-13(16)9-14-6-4-8-17(14)18/h9,11,24H,3-8,10,12H2,1-2H3. The molecule has 1 N–H and O–H groups in total. The number of sulfone groups is 1. The SMILES string of the molecule is CC(C)(O)c1cnc(S(=O)(=O)CC(=O)Cc2c3c(cc4c2CCC4)CCC3)o1. The molecule has 6 nitrogen and oxygen atoms in total. The predicted molar refractivity (Wildman–Crippen MR) is 103 cm³/mol. The number of fused-ring (bicyclic) bond motifs is 2. The van der Waals surface area contributed by atoms with Crippen molar-refractivity contribution in [3.05, 3.63) is 45.8 Å². The predicted octanol–water partition coefficient (Wildman–Crippen LogP) is 2.46. The molecule has 0 saturated carbocycles. The van der Waals surface area contributed by atoms with Gasteiger partial charge in [0.15, 0.2) is 11.5 Å². The molecule has 1 heterocycles. The molecule has 150 valence electrons. The van der Waals surface area contributed by atoms with Crippen molar-refractivity contribution in [2.45, 2.75) is 69.6 Å². The Kier molecular flexibility index (Phi) is 4.70. The Morgan fingerprint density at radius 2 is 1.75 bits per heavy atom. The van der Waals surface area contributed by atoms with Crippen LogP contribution in [0.15, 0.2) is 21.9 Å². The van der Waals surface area contributed by atoms with Gasteiger partial charge in [0.1, 0.15) is 11.4 Å². The van der Waals surface area contributed by atoms with Gasteiger partial charge < -0.3 is 9.52 Å². The molecular formula is C21H25NO5S. The van der Waals surface area contributed by atoms with Crippen molar-refractivity contribution in [1.82, 2.24) is 4.98 Å². The number of rotatable bonds is 6. The molecule has 0 unspecified atom stereocenters. The third-order valence-corrected chi connectivity index (χ3v) is 7.10. The molecule has 0 amide bonds. The highest BCUT2D eigenvalue weighted by Crippen LogP contribution is 2.35. The van der Waals surface area contributed by atoms with Crippen LogP contribution in [0.2, 0.25) is 0 Å². The van der Waals surface area contributed by atoms with Gasteiger partial charge >= 0.3 is 5.22 Å². The quantitative estimate of drug-likeness (QED) is 0.796. The van der Waals surface area contributed by atoms with Crippen molar-refractivity contribution in [2.24, 2.45) is 0 Å². The summed E-state index contributed by atoms with van der Waals surface area (Å²) >= 11 is 0. The molecule has 1 aromatic carbocycles. The van der Waals surface area contributed by atoms with Crippen molar-refractivity contribution in [3.63, 3.8) is 0 Å². The molecule has 0 atom stereocenters. The van der Waals surface area contributed by atoms with Crippen LogP contribution in [0, 0.1) is 0 Å². The summed E-state index contributed by atoms with van der Waals surface area (Å²) < 4.78 is 30.4. The minimum absolute atomic E-state index is 0.0530. The Hall–Kier alpha value is -1.99. The first-order valence-electron chi connectivity index (χ1n) is 9.73. The molecule has 0 aliphatic heterocycles. The molecule has 2 aromatic rings. The van der Waals surface area contributed by atoms with Crippen LogP contribution in [0.4, 0.5) is 0 Å². The van der Waals surface area contributed by atoms with E-state index in [1.165, 1.54) is 42.3 Å². The van der Waals surface area contributed by atoms with Crippen LogP contribution >= 0.6 is 0 Å². The number of aliphatic hydroxyl groups is 1. The van der Waals surface area contributed by atoms with Crippen molar-refractivity contribution >= 4 is 15.6 Å². The number of oxazole rings is 1. The molecule has 2 aliphatic carbocycles. The highest BCUT2D eigenvalue weighted by molar-refractivity contribution is 7.91. The third-order valence-electron chi connectivity index (χ3n) is 5.68. The number of benzene rings is 1.